The molecule has 0 fully saturated rings. The average molecular weight is 219 g/mol. The SMILES string of the molecule is CCCC[NH-].FC(F)(F)c1cccnc1. The summed E-state index contributed by atoms with van der Waals surface area (Å²) < 4.78 is 35.2. The summed E-state index contributed by atoms with van der Waals surface area (Å²) in [5, 5.41) is 0. The van der Waals surface area contributed by atoms with Gasteiger partial charge in [-0.25, -0.2) is 0 Å². The quantitative estimate of drug-likeness (QED) is 0.742. The van der Waals surface area contributed by atoms with Crippen LogP contribution in [0.4, 0.5) is 13.2 Å². The molecule has 86 valence electrons. The molecule has 0 bridgehead atoms. The number of nitrogens with one attached hydrogen (secondary N) is 1. The van der Waals surface area contributed by atoms with Gasteiger partial charge in [0.05, 0.1) is 5.56 Å². The number of hydrogen-bond donors (Lipinski definition) is 0. The minimum Gasteiger partial charge on any atom is -0.677 e. The second kappa shape index (κ2) is 7.23. The molecule has 0 unspecified atom stereocenters. The lowest BCUT2D eigenvalue weighted by Gasteiger charge is -2.03. The maximum atomic E-state index is 11.7. The largest absolute Gasteiger partial charge is 0.677 e. The zero-order valence-corrected chi connectivity index (χ0v) is 8.51. The van der Waals surface area contributed by atoms with Crippen molar-refractivity contribution in [1.29, 1.82) is 0 Å². The Balaban J connectivity index is 0.000000336. The van der Waals surface area contributed by atoms with E-state index in [4.69, 9.17) is 5.73 Å². The molecule has 0 aromatic carbocycles. The third kappa shape index (κ3) is 6.90. The normalized spacial score (nSPS) is 10.5. The smallest absolute Gasteiger partial charge is 0.417 e. The Labute approximate surface area is 87.3 Å². The molecule has 1 aromatic heterocycles. The maximum absolute atomic E-state index is 11.7. The first-order chi connectivity index (χ1) is 7.02. The molecule has 15 heavy (non-hydrogen) atoms. The van der Waals surface area contributed by atoms with E-state index in [1.807, 2.05) is 0 Å². The van der Waals surface area contributed by atoms with Gasteiger partial charge < -0.3 is 5.73 Å². The molecule has 1 heterocycles. The van der Waals surface area contributed by atoms with Crippen molar-refractivity contribution in [3.8, 4) is 0 Å². The summed E-state index contributed by atoms with van der Waals surface area (Å²) in [5.74, 6) is 0. The molecule has 0 radical (unpaired) electrons. The van der Waals surface area contributed by atoms with E-state index in [9.17, 15) is 13.2 Å². The summed E-state index contributed by atoms with van der Waals surface area (Å²) in [5.41, 5.74) is 5.89. The number of halogens is 3. The molecular weight excluding hydrogens is 205 g/mol. The highest BCUT2D eigenvalue weighted by atomic mass is 19.4. The van der Waals surface area contributed by atoms with Gasteiger partial charge in [-0.1, -0.05) is 19.8 Å². The van der Waals surface area contributed by atoms with Crippen molar-refractivity contribution >= 4 is 0 Å². The first-order valence-corrected chi connectivity index (χ1v) is 4.64. The van der Waals surface area contributed by atoms with Crippen molar-refractivity contribution in [1.82, 2.24) is 4.98 Å². The lowest BCUT2D eigenvalue weighted by molar-refractivity contribution is -0.137. The van der Waals surface area contributed by atoms with E-state index in [0.717, 1.165) is 25.1 Å². The Morgan fingerprint density at radius 3 is 2.27 bits per heavy atom. The van der Waals surface area contributed by atoms with Gasteiger partial charge in [0.2, 0.25) is 0 Å². The van der Waals surface area contributed by atoms with E-state index >= 15 is 0 Å². The van der Waals surface area contributed by atoms with Crippen LogP contribution in [-0.4, -0.2) is 11.5 Å². The van der Waals surface area contributed by atoms with Crippen LogP contribution in [0, 0.1) is 0 Å². The van der Waals surface area contributed by atoms with Crippen molar-refractivity contribution in [2.75, 3.05) is 6.54 Å². The molecule has 0 aliphatic heterocycles. The van der Waals surface area contributed by atoms with E-state index in [1.165, 1.54) is 12.3 Å². The van der Waals surface area contributed by atoms with Crippen LogP contribution in [0.2, 0.25) is 0 Å². The molecule has 1 aromatic rings. The van der Waals surface area contributed by atoms with Crippen LogP contribution >= 0.6 is 0 Å². The van der Waals surface area contributed by atoms with Gasteiger partial charge in [-0.3, -0.25) is 4.98 Å². The Morgan fingerprint density at radius 2 is 2.07 bits per heavy atom. The summed E-state index contributed by atoms with van der Waals surface area (Å²) in [6.45, 7) is 2.69. The Bertz CT molecular complexity index is 245. The maximum Gasteiger partial charge on any atom is 0.417 e. The molecule has 0 atom stereocenters. The van der Waals surface area contributed by atoms with Gasteiger partial charge in [0.15, 0.2) is 0 Å². The fourth-order valence-corrected chi connectivity index (χ4v) is 0.707. The predicted molar refractivity (Wildman–Crippen MR) is 53.3 cm³/mol. The van der Waals surface area contributed by atoms with E-state index in [0.29, 0.717) is 6.54 Å². The second-order valence-corrected chi connectivity index (χ2v) is 2.84. The van der Waals surface area contributed by atoms with Crippen LogP contribution in [-0.2, 0) is 6.18 Å². The summed E-state index contributed by atoms with van der Waals surface area (Å²) in [6, 6.07) is 2.23. The first kappa shape index (κ1) is 13.9. The van der Waals surface area contributed by atoms with Crippen LogP contribution < -0.4 is 0 Å². The van der Waals surface area contributed by atoms with Gasteiger partial charge in [0.25, 0.3) is 0 Å². The lowest BCUT2D eigenvalue weighted by atomic mass is 10.3. The summed E-state index contributed by atoms with van der Waals surface area (Å²) in [6.07, 6.45) is 0.0347. The zero-order valence-electron chi connectivity index (χ0n) is 8.51. The molecule has 1 rings (SSSR count). The third-order valence-corrected chi connectivity index (χ3v) is 1.52. The van der Waals surface area contributed by atoms with E-state index < -0.39 is 11.7 Å². The highest BCUT2D eigenvalue weighted by molar-refractivity contribution is 5.11. The van der Waals surface area contributed by atoms with Crippen molar-refractivity contribution in [2.45, 2.75) is 25.9 Å². The summed E-state index contributed by atoms with van der Waals surface area (Å²) in [4.78, 5) is 3.33. The number of rotatable bonds is 2. The molecule has 0 spiro atoms. The van der Waals surface area contributed by atoms with Crippen molar-refractivity contribution in [3.63, 3.8) is 0 Å². The molecular formula is C10H14F3N2-. The van der Waals surface area contributed by atoms with Crippen LogP contribution in [0.15, 0.2) is 24.5 Å². The Morgan fingerprint density at radius 1 is 1.40 bits per heavy atom. The fourth-order valence-electron chi connectivity index (χ4n) is 0.707. The van der Waals surface area contributed by atoms with Gasteiger partial charge in [0, 0.05) is 12.4 Å². The Hall–Kier alpha value is -1.10. The number of nitrogens with zero attached hydrogens (tertiary/aromatic N) is 1. The van der Waals surface area contributed by atoms with Crippen LogP contribution in [0.3, 0.4) is 0 Å². The van der Waals surface area contributed by atoms with E-state index in [-0.39, 0.29) is 0 Å². The number of aromatic nitrogens is 1. The Kier molecular flexibility index (Phi) is 6.70. The molecule has 0 aliphatic carbocycles. The number of pyridine rings is 1. The van der Waals surface area contributed by atoms with Gasteiger partial charge >= 0.3 is 6.18 Å². The topological polar surface area (TPSA) is 36.7 Å². The molecule has 0 saturated carbocycles. The zero-order chi connectivity index (χ0) is 11.7. The summed E-state index contributed by atoms with van der Waals surface area (Å²) in [7, 11) is 0. The van der Waals surface area contributed by atoms with E-state index in [1.54, 1.807) is 0 Å². The fraction of sp³-hybridized carbons (Fsp3) is 0.500. The van der Waals surface area contributed by atoms with Crippen LogP contribution in [0.25, 0.3) is 5.73 Å². The van der Waals surface area contributed by atoms with E-state index in [2.05, 4.69) is 11.9 Å². The van der Waals surface area contributed by atoms with Crippen LogP contribution in [0.5, 0.6) is 0 Å². The highest BCUT2D eigenvalue weighted by Gasteiger charge is 2.30. The minimum atomic E-state index is -4.27. The van der Waals surface area contributed by atoms with Gasteiger partial charge in [-0.15, -0.1) is 0 Å². The summed E-state index contributed by atoms with van der Waals surface area (Å²) >= 11 is 0. The van der Waals surface area contributed by atoms with Gasteiger partial charge in [-0.2, -0.15) is 19.7 Å². The molecule has 5 heteroatoms. The monoisotopic (exact) mass is 219 g/mol. The first-order valence-electron chi connectivity index (χ1n) is 4.64. The average Bonchev–Trinajstić information content (AvgIpc) is 2.20. The number of unbranched alkanes of at least 4 members (excludes halogenated alkanes) is 1. The molecule has 0 amide bonds. The van der Waals surface area contributed by atoms with Crippen molar-refractivity contribution < 1.29 is 13.2 Å². The standard InChI is InChI=1S/C6H4F3N.C4H10N/c7-6(8,9)5-2-1-3-10-4-5;1-2-3-4-5/h1-4H;5H,2-4H2,1H3/q;-1. The molecule has 0 aliphatic rings. The molecule has 2 nitrogen and oxygen atoms in total. The predicted octanol–water partition coefficient (Wildman–Crippen LogP) is 3.94. The molecule has 0 saturated heterocycles. The highest BCUT2D eigenvalue weighted by Crippen LogP contribution is 2.27. The second-order valence-electron chi connectivity index (χ2n) is 2.84. The van der Waals surface area contributed by atoms with Gasteiger partial charge in [0.1, 0.15) is 0 Å². The number of hydrogen-bond acceptors (Lipinski definition) is 1. The van der Waals surface area contributed by atoms with Crippen LogP contribution in [0.1, 0.15) is 25.3 Å². The molecule has 1 N–H and O–H groups in total. The lowest BCUT2D eigenvalue weighted by Crippen LogP contribution is -2.04. The minimum absolute atomic E-state index is 0.594. The third-order valence-electron chi connectivity index (χ3n) is 1.52. The van der Waals surface area contributed by atoms with Gasteiger partial charge in [-0.05, 0) is 12.1 Å². The van der Waals surface area contributed by atoms with Crippen molar-refractivity contribution in [3.05, 3.63) is 35.8 Å². The number of alkyl halides is 3. The van der Waals surface area contributed by atoms with Crippen molar-refractivity contribution in [2.24, 2.45) is 0 Å².